The standard InChI is InChI=1S/C26H29FN4O3/c27-23-10-4-5-11-24(23)28-26(33)31(20-22-9-6-18-34-22)13-12-25(32)30-16-14-29(15-17-30)19-21-7-2-1-3-8-21/h1-11,18H,12-17,19-20H2,(H,28,33). The van der Waals surface area contributed by atoms with Crippen molar-refractivity contribution in [2.75, 3.05) is 38.0 Å². The summed E-state index contributed by atoms with van der Waals surface area (Å²) in [6.45, 7) is 4.19. The minimum absolute atomic E-state index is 0.00231. The molecule has 1 N–H and O–H groups in total. The molecule has 0 atom stereocenters. The fourth-order valence-corrected chi connectivity index (χ4v) is 3.99. The van der Waals surface area contributed by atoms with Gasteiger partial charge in [0.15, 0.2) is 0 Å². The van der Waals surface area contributed by atoms with Crippen LogP contribution in [0.25, 0.3) is 0 Å². The fraction of sp³-hybridized carbons (Fsp3) is 0.308. The summed E-state index contributed by atoms with van der Waals surface area (Å²) in [5.74, 6) is 0.0754. The highest BCUT2D eigenvalue weighted by atomic mass is 19.1. The summed E-state index contributed by atoms with van der Waals surface area (Å²) in [6, 6.07) is 19.3. The van der Waals surface area contributed by atoms with E-state index in [1.807, 2.05) is 23.1 Å². The summed E-state index contributed by atoms with van der Waals surface area (Å²) in [5, 5.41) is 2.59. The topological polar surface area (TPSA) is 69.0 Å². The molecule has 2 aromatic carbocycles. The second kappa shape index (κ2) is 11.5. The van der Waals surface area contributed by atoms with E-state index in [4.69, 9.17) is 4.42 Å². The van der Waals surface area contributed by atoms with E-state index in [0.717, 1.165) is 19.6 Å². The van der Waals surface area contributed by atoms with Crippen molar-refractivity contribution in [3.05, 3.63) is 90.1 Å². The van der Waals surface area contributed by atoms with Crippen LogP contribution in [0.1, 0.15) is 17.7 Å². The van der Waals surface area contributed by atoms with Crippen molar-refractivity contribution in [3.8, 4) is 0 Å². The van der Waals surface area contributed by atoms with E-state index in [2.05, 4.69) is 22.3 Å². The van der Waals surface area contributed by atoms with Crippen molar-refractivity contribution in [1.82, 2.24) is 14.7 Å². The summed E-state index contributed by atoms with van der Waals surface area (Å²) in [4.78, 5) is 31.4. The van der Waals surface area contributed by atoms with Crippen molar-refractivity contribution in [2.45, 2.75) is 19.5 Å². The molecule has 3 aromatic rings. The number of nitrogens with zero attached hydrogens (tertiary/aromatic N) is 3. The lowest BCUT2D eigenvalue weighted by atomic mass is 10.2. The molecule has 0 spiro atoms. The molecule has 3 amide bonds. The molecule has 1 fully saturated rings. The number of anilines is 1. The van der Waals surface area contributed by atoms with Crippen molar-refractivity contribution in [2.24, 2.45) is 0 Å². The molecule has 1 aliphatic heterocycles. The summed E-state index contributed by atoms with van der Waals surface area (Å²) < 4.78 is 19.4. The summed E-state index contributed by atoms with van der Waals surface area (Å²) in [6.07, 6.45) is 1.71. The van der Waals surface area contributed by atoms with Crippen molar-refractivity contribution in [3.63, 3.8) is 0 Å². The Morgan fingerprint density at radius 3 is 2.38 bits per heavy atom. The molecule has 1 aliphatic rings. The van der Waals surface area contributed by atoms with Crippen LogP contribution in [0.2, 0.25) is 0 Å². The molecule has 0 aliphatic carbocycles. The lowest BCUT2D eigenvalue weighted by Crippen LogP contribution is -2.49. The number of halogens is 1. The highest BCUT2D eigenvalue weighted by Crippen LogP contribution is 2.15. The summed E-state index contributed by atoms with van der Waals surface area (Å²) in [7, 11) is 0. The van der Waals surface area contributed by atoms with Crippen molar-refractivity contribution >= 4 is 17.6 Å². The number of amides is 3. The predicted octanol–water partition coefficient (Wildman–Crippen LogP) is 4.19. The zero-order valence-electron chi connectivity index (χ0n) is 19.0. The molecule has 178 valence electrons. The monoisotopic (exact) mass is 464 g/mol. The van der Waals surface area contributed by atoms with Crippen LogP contribution in [-0.4, -0.2) is 59.4 Å². The van der Waals surface area contributed by atoms with E-state index in [1.165, 1.54) is 28.9 Å². The molecule has 1 saturated heterocycles. The first-order chi connectivity index (χ1) is 16.6. The van der Waals surface area contributed by atoms with Crippen LogP contribution >= 0.6 is 0 Å². The third-order valence-corrected chi connectivity index (χ3v) is 5.90. The van der Waals surface area contributed by atoms with Gasteiger partial charge in [-0.15, -0.1) is 0 Å². The maximum Gasteiger partial charge on any atom is 0.322 e. The van der Waals surface area contributed by atoms with Crippen molar-refractivity contribution in [1.29, 1.82) is 0 Å². The van der Waals surface area contributed by atoms with Gasteiger partial charge in [0.2, 0.25) is 5.91 Å². The average molecular weight is 465 g/mol. The zero-order chi connectivity index (χ0) is 23.8. The number of piperazine rings is 1. The summed E-state index contributed by atoms with van der Waals surface area (Å²) in [5.41, 5.74) is 1.36. The van der Waals surface area contributed by atoms with Gasteiger partial charge in [-0.05, 0) is 29.8 Å². The lowest BCUT2D eigenvalue weighted by molar-refractivity contribution is -0.133. The number of rotatable bonds is 8. The molecule has 7 nitrogen and oxygen atoms in total. The number of urea groups is 1. The first-order valence-electron chi connectivity index (χ1n) is 11.5. The minimum Gasteiger partial charge on any atom is -0.467 e. The molecular formula is C26H29FN4O3. The Bertz CT molecular complexity index is 1070. The number of carbonyl (C=O) groups is 2. The van der Waals surface area contributed by atoms with E-state index in [9.17, 15) is 14.0 Å². The first kappa shape index (κ1) is 23.5. The molecule has 8 heteroatoms. The van der Waals surface area contributed by atoms with E-state index in [1.54, 1.807) is 24.3 Å². The maximum absolute atomic E-state index is 14.0. The third kappa shape index (κ3) is 6.45. The molecular weight excluding hydrogens is 435 g/mol. The Morgan fingerprint density at radius 2 is 1.68 bits per heavy atom. The highest BCUT2D eigenvalue weighted by Gasteiger charge is 2.23. The largest absolute Gasteiger partial charge is 0.467 e. The normalized spacial score (nSPS) is 14.1. The van der Waals surface area contributed by atoms with Gasteiger partial charge in [-0.25, -0.2) is 9.18 Å². The number of hydrogen-bond acceptors (Lipinski definition) is 4. The van der Waals surface area contributed by atoms with E-state index in [-0.39, 0.29) is 31.1 Å². The molecule has 0 unspecified atom stereocenters. The Labute approximate surface area is 198 Å². The van der Waals surface area contributed by atoms with Gasteiger partial charge in [-0.1, -0.05) is 42.5 Å². The maximum atomic E-state index is 14.0. The zero-order valence-corrected chi connectivity index (χ0v) is 19.0. The van der Waals surface area contributed by atoms with Crippen LogP contribution < -0.4 is 5.32 Å². The molecule has 4 rings (SSSR count). The summed E-state index contributed by atoms with van der Waals surface area (Å²) >= 11 is 0. The van der Waals surface area contributed by atoms with Gasteiger partial charge >= 0.3 is 6.03 Å². The van der Waals surface area contributed by atoms with Crippen LogP contribution in [0.15, 0.2) is 77.4 Å². The molecule has 2 heterocycles. The minimum atomic E-state index is -0.516. The molecule has 34 heavy (non-hydrogen) atoms. The van der Waals surface area contributed by atoms with Gasteiger partial charge in [-0.2, -0.15) is 0 Å². The average Bonchev–Trinajstić information content (AvgIpc) is 3.37. The smallest absolute Gasteiger partial charge is 0.322 e. The van der Waals surface area contributed by atoms with Gasteiger partial charge < -0.3 is 19.5 Å². The first-order valence-corrected chi connectivity index (χ1v) is 11.5. The predicted molar refractivity (Wildman–Crippen MR) is 127 cm³/mol. The van der Waals surface area contributed by atoms with E-state index < -0.39 is 11.8 Å². The molecule has 0 radical (unpaired) electrons. The van der Waals surface area contributed by atoms with Gasteiger partial charge in [-0.3, -0.25) is 9.69 Å². The quantitative estimate of drug-likeness (QED) is 0.543. The number of nitrogens with one attached hydrogen (secondary N) is 1. The Balaban J connectivity index is 1.30. The second-order valence-corrected chi connectivity index (χ2v) is 8.30. The van der Waals surface area contributed by atoms with Gasteiger partial charge in [0.1, 0.15) is 11.6 Å². The van der Waals surface area contributed by atoms with Gasteiger partial charge in [0, 0.05) is 45.7 Å². The molecule has 0 saturated carbocycles. The number of furan rings is 1. The van der Waals surface area contributed by atoms with E-state index >= 15 is 0 Å². The number of benzene rings is 2. The molecule has 1 aromatic heterocycles. The van der Waals surface area contributed by atoms with Gasteiger partial charge in [0.05, 0.1) is 18.5 Å². The number of para-hydroxylation sites is 1. The van der Waals surface area contributed by atoms with Crippen LogP contribution in [-0.2, 0) is 17.9 Å². The highest BCUT2D eigenvalue weighted by molar-refractivity contribution is 5.89. The van der Waals surface area contributed by atoms with Crippen LogP contribution in [0.3, 0.4) is 0 Å². The number of hydrogen-bond donors (Lipinski definition) is 1. The van der Waals surface area contributed by atoms with Crippen molar-refractivity contribution < 1.29 is 18.4 Å². The second-order valence-electron chi connectivity index (χ2n) is 8.30. The third-order valence-electron chi connectivity index (χ3n) is 5.90. The van der Waals surface area contributed by atoms with Gasteiger partial charge in [0.25, 0.3) is 0 Å². The SMILES string of the molecule is O=C(CCN(Cc1ccco1)C(=O)Nc1ccccc1F)N1CCN(Cc2ccccc2)CC1. The Kier molecular flexibility index (Phi) is 7.93. The fourth-order valence-electron chi connectivity index (χ4n) is 3.99. The lowest BCUT2D eigenvalue weighted by Gasteiger charge is -2.35. The Hall–Kier alpha value is -3.65. The van der Waals surface area contributed by atoms with Crippen LogP contribution in [0, 0.1) is 5.82 Å². The Morgan fingerprint density at radius 1 is 0.941 bits per heavy atom. The van der Waals surface area contributed by atoms with Crippen LogP contribution in [0.4, 0.5) is 14.9 Å². The van der Waals surface area contributed by atoms with E-state index in [0.29, 0.717) is 18.8 Å². The molecule has 0 bridgehead atoms. The number of carbonyl (C=O) groups excluding carboxylic acids is 2. The van der Waals surface area contributed by atoms with Crippen LogP contribution in [0.5, 0.6) is 0 Å².